The fourth-order valence-electron chi connectivity index (χ4n) is 3.83. The summed E-state index contributed by atoms with van der Waals surface area (Å²) < 4.78 is 1.94. The van der Waals surface area contributed by atoms with Crippen LogP contribution in [0.15, 0.2) is 72.5 Å². The molecule has 0 fully saturated rings. The molecule has 5 aromatic rings. The number of benzene rings is 2. The number of para-hydroxylation sites is 1. The summed E-state index contributed by atoms with van der Waals surface area (Å²) in [5.41, 5.74) is 3.93. The summed E-state index contributed by atoms with van der Waals surface area (Å²) in [7, 11) is 0. The molecule has 2 aromatic carbocycles. The Morgan fingerprint density at radius 2 is 2.00 bits per heavy atom. The van der Waals surface area contributed by atoms with Crippen LogP contribution in [0.5, 0.6) is 0 Å². The summed E-state index contributed by atoms with van der Waals surface area (Å²) in [4.78, 5) is 21.4. The van der Waals surface area contributed by atoms with Crippen LogP contribution in [-0.4, -0.2) is 26.8 Å². The van der Waals surface area contributed by atoms with Gasteiger partial charge < -0.3 is 10.3 Å². The second kappa shape index (κ2) is 7.97. The van der Waals surface area contributed by atoms with E-state index in [1.807, 2.05) is 70.8 Å². The van der Waals surface area contributed by atoms with Crippen molar-refractivity contribution in [3.63, 3.8) is 0 Å². The topological polar surface area (TPSA) is 62.2 Å². The molecule has 0 aliphatic rings. The Balaban J connectivity index is 1.40. The molecule has 7 heteroatoms. The number of halogens is 1. The predicted octanol–water partition coefficient (Wildman–Crippen LogP) is 5.02. The van der Waals surface area contributed by atoms with Gasteiger partial charge in [-0.3, -0.25) is 9.20 Å². The van der Waals surface area contributed by atoms with E-state index in [2.05, 4.69) is 21.4 Å². The van der Waals surface area contributed by atoms with Crippen LogP contribution in [0, 0.1) is 0 Å². The van der Waals surface area contributed by atoms with Crippen molar-refractivity contribution in [2.75, 3.05) is 6.54 Å². The molecular weight excluding hydrogens is 416 g/mol. The molecule has 1 amide bonds. The van der Waals surface area contributed by atoms with Crippen LogP contribution in [0.3, 0.4) is 0 Å². The van der Waals surface area contributed by atoms with Gasteiger partial charge in [0.2, 0.25) is 5.91 Å². The third kappa shape index (κ3) is 3.60. The number of aromatic amines is 1. The van der Waals surface area contributed by atoms with Crippen molar-refractivity contribution in [3.05, 3.63) is 94.3 Å². The molecule has 0 bridgehead atoms. The Bertz CT molecular complexity index is 1310. The monoisotopic (exact) mass is 434 g/mol. The van der Waals surface area contributed by atoms with E-state index in [4.69, 9.17) is 11.6 Å². The van der Waals surface area contributed by atoms with Crippen LogP contribution in [0.25, 0.3) is 15.9 Å². The molecule has 0 spiro atoms. The average molecular weight is 435 g/mol. The zero-order chi connectivity index (χ0) is 20.5. The number of fused-ring (bicyclic) bond motifs is 2. The standard InChI is InChI=1S/C23H19ClN4OS/c24-20-7-3-1-5-16(20)18(19-12-25-21-8-4-2-6-17(19)21)13-26-22(29)11-15-14-28-9-10-30-23(28)27-15/h1-10,12,14,18,25H,11,13H2,(H,26,29). The van der Waals surface area contributed by atoms with E-state index in [0.29, 0.717) is 11.6 Å². The lowest BCUT2D eigenvalue weighted by atomic mass is 9.90. The van der Waals surface area contributed by atoms with Crippen LogP contribution in [-0.2, 0) is 11.2 Å². The van der Waals surface area contributed by atoms with Crippen LogP contribution in [0.1, 0.15) is 22.7 Å². The molecule has 1 atom stereocenters. The molecule has 2 N–H and O–H groups in total. The van der Waals surface area contributed by atoms with Crippen molar-refractivity contribution < 1.29 is 4.79 Å². The second-order valence-electron chi connectivity index (χ2n) is 7.17. The zero-order valence-electron chi connectivity index (χ0n) is 16.0. The van der Waals surface area contributed by atoms with Gasteiger partial charge in [0.05, 0.1) is 12.1 Å². The number of carbonyl (C=O) groups excluding carboxylic acids is 1. The molecular formula is C23H19ClN4OS. The lowest BCUT2D eigenvalue weighted by Gasteiger charge is -2.19. The molecule has 3 heterocycles. The van der Waals surface area contributed by atoms with Crippen LogP contribution >= 0.6 is 22.9 Å². The van der Waals surface area contributed by atoms with E-state index >= 15 is 0 Å². The summed E-state index contributed by atoms with van der Waals surface area (Å²) in [5, 5.41) is 6.88. The molecule has 5 nitrogen and oxygen atoms in total. The Kier molecular flexibility index (Phi) is 5.02. The first-order valence-corrected chi connectivity index (χ1v) is 10.9. The molecule has 150 valence electrons. The first-order valence-electron chi connectivity index (χ1n) is 9.67. The quantitative estimate of drug-likeness (QED) is 0.394. The number of aromatic nitrogens is 3. The third-order valence-corrected chi connectivity index (χ3v) is 6.38. The molecule has 30 heavy (non-hydrogen) atoms. The van der Waals surface area contributed by atoms with Crippen molar-refractivity contribution >= 4 is 44.7 Å². The smallest absolute Gasteiger partial charge is 0.226 e. The largest absolute Gasteiger partial charge is 0.361 e. The summed E-state index contributed by atoms with van der Waals surface area (Å²) >= 11 is 8.08. The minimum atomic E-state index is -0.0655. The van der Waals surface area contributed by atoms with Crippen molar-refractivity contribution in [1.82, 2.24) is 19.7 Å². The fourth-order valence-corrected chi connectivity index (χ4v) is 4.82. The molecule has 5 rings (SSSR count). The minimum absolute atomic E-state index is 0.0577. The van der Waals surface area contributed by atoms with Gasteiger partial charge in [0.25, 0.3) is 0 Å². The predicted molar refractivity (Wildman–Crippen MR) is 121 cm³/mol. The fraction of sp³-hybridized carbons (Fsp3) is 0.130. The first kappa shape index (κ1) is 18.9. The molecule has 0 saturated carbocycles. The molecule has 0 aliphatic carbocycles. The Labute approximate surface area is 182 Å². The van der Waals surface area contributed by atoms with E-state index < -0.39 is 0 Å². The highest BCUT2D eigenvalue weighted by atomic mass is 35.5. The van der Waals surface area contributed by atoms with E-state index in [-0.39, 0.29) is 18.2 Å². The number of rotatable bonds is 6. The van der Waals surface area contributed by atoms with Crippen LogP contribution in [0.2, 0.25) is 5.02 Å². The van der Waals surface area contributed by atoms with Crippen LogP contribution < -0.4 is 5.32 Å². The average Bonchev–Trinajstić information content (AvgIpc) is 3.44. The minimum Gasteiger partial charge on any atom is -0.361 e. The number of thiazole rings is 1. The van der Waals surface area contributed by atoms with Gasteiger partial charge in [0, 0.05) is 52.4 Å². The van der Waals surface area contributed by atoms with Crippen molar-refractivity contribution in [2.24, 2.45) is 0 Å². The summed E-state index contributed by atoms with van der Waals surface area (Å²) in [6, 6.07) is 16.0. The van der Waals surface area contributed by atoms with Crippen molar-refractivity contribution in [3.8, 4) is 0 Å². The molecule has 3 aromatic heterocycles. The molecule has 0 saturated heterocycles. The van der Waals surface area contributed by atoms with E-state index in [9.17, 15) is 4.79 Å². The number of amides is 1. The maximum atomic E-state index is 12.7. The van der Waals surface area contributed by atoms with Gasteiger partial charge in [-0.15, -0.1) is 11.3 Å². The van der Waals surface area contributed by atoms with Gasteiger partial charge in [-0.2, -0.15) is 0 Å². The number of hydrogen-bond acceptors (Lipinski definition) is 3. The Morgan fingerprint density at radius 3 is 2.87 bits per heavy atom. The SMILES string of the molecule is O=C(Cc1cn2ccsc2n1)NCC(c1ccccc1Cl)c1c[nH]c2ccccc12. The van der Waals surface area contributed by atoms with Gasteiger partial charge in [-0.05, 0) is 23.3 Å². The van der Waals surface area contributed by atoms with Crippen LogP contribution in [0.4, 0.5) is 0 Å². The third-order valence-electron chi connectivity index (χ3n) is 5.27. The maximum absolute atomic E-state index is 12.7. The number of imidazole rings is 1. The highest BCUT2D eigenvalue weighted by Gasteiger charge is 2.21. The number of hydrogen-bond donors (Lipinski definition) is 2. The highest BCUT2D eigenvalue weighted by molar-refractivity contribution is 7.15. The summed E-state index contributed by atoms with van der Waals surface area (Å²) in [6.45, 7) is 0.451. The molecule has 0 aliphatic heterocycles. The highest BCUT2D eigenvalue weighted by Crippen LogP contribution is 2.34. The lowest BCUT2D eigenvalue weighted by molar-refractivity contribution is -0.120. The molecule has 0 radical (unpaired) electrons. The Hall–Kier alpha value is -3.09. The van der Waals surface area contributed by atoms with Crippen molar-refractivity contribution in [2.45, 2.75) is 12.3 Å². The van der Waals surface area contributed by atoms with Gasteiger partial charge in [-0.1, -0.05) is 48.0 Å². The lowest BCUT2D eigenvalue weighted by Crippen LogP contribution is -2.30. The zero-order valence-corrected chi connectivity index (χ0v) is 17.6. The van der Waals surface area contributed by atoms with E-state index in [1.54, 1.807) is 11.3 Å². The maximum Gasteiger partial charge on any atom is 0.226 e. The van der Waals surface area contributed by atoms with E-state index in [1.165, 1.54) is 0 Å². The second-order valence-corrected chi connectivity index (χ2v) is 8.45. The van der Waals surface area contributed by atoms with Gasteiger partial charge >= 0.3 is 0 Å². The number of H-pyrrole nitrogens is 1. The summed E-state index contributed by atoms with van der Waals surface area (Å²) in [5.74, 6) is -0.123. The van der Waals surface area contributed by atoms with Crippen molar-refractivity contribution in [1.29, 1.82) is 0 Å². The number of nitrogens with one attached hydrogen (secondary N) is 2. The number of nitrogens with zero attached hydrogens (tertiary/aromatic N) is 2. The molecule has 1 unspecified atom stereocenters. The summed E-state index contributed by atoms with van der Waals surface area (Å²) in [6.07, 6.45) is 6.10. The Morgan fingerprint density at radius 1 is 1.17 bits per heavy atom. The normalized spacial score (nSPS) is 12.4. The van der Waals surface area contributed by atoms with E-state index in [0.717, 1.165) is 32.7 Å². The first-order chi connectivity index (χ1) is 14.7. The number of carbonyl (C=O) groups is 1. The van der Waals surface area contributed by atoms with Gasteiger partial charge in [0.15, 0.2) is 4.96 Å². The van der Waals surface area contributed by atoms with Gasteiger partial charge in [0.1, 0.15) is 0 Å². The van der Waals surface area contributed by atoms with Gasteiger partial charge in [-0.25, -0.2) is 4.98 Å².